The number of benzene rings is 2. The van der Waals surface area contributed by atoms with Crippen molar-refractivity contribution in [2.45, 2.75) is 9.79 Å². The van der Waals surface area contributed by atoms with E-state index in [4.69, 9.17) is 16.7 Å². The van der Waals surface area contributed by atoms with Crippen LogP contribution in [0, 0.1) is 0 Å². The Labute approximate surface area is 134 Å². The van der Waals surface area contributed by atoms with Crippen molar-refractivity contribution in [3.63, 3.8) is 0 Å². The molecule has 0 atom stereocenters. The van der Waals surface area contributed by atoms with Gasteiger partial charge in [0.25, 0.3) is 0 Å². The van der Waals surface area contributed by atoms with E-state index in [2.05, 4.69) is 15.9 Å². The lowest BCUT2D eigenvalue weighted by Gasteiger charge is -2.06. The van der Waals surface area contributed by atoms with Gasteiger partial charge >= 0.3 is 5.97 Å². The van der Waals surface area contributed by atoms with Gasteiger partial charge in [-0.05, 0) is 51.8 Å². The summed E-state index contributed by atoms with van der Waals surface area (Å²) in [5, 5.41) is 9.19. The van der Waals surface area contributed by atoms with Crippen molar-refractivity contribution in [3.05, 3.63) is 63.6 Å². The molecule has 0 spiro atoms. The number of hydrogen-bond acceptors (Lipinski definition) is 2. The monoisotopic (exact) mass is 368 g/mol. The quantitative estimate of drug-likeness (QED) is 0.738. The molecule has 0 heterocycles. The van der Waals surface area contributed by atoms with Gasteiger partial charge in [0.05, 0.1) is 5.02 Å². The fraction of sp³-hybridized carbons (Fsp3) is 0. The molecule has 0 bridgehead atoms. The summed E-state index contributed by atoms with van der Waals surface area (Å²) < 4.78 is 1.01. The molecule has 2 nitrogen and oxygen atoms in total. The average molecular weight is 370 g/mol. The van der Waals surface area contributed by atoms with E-state index in [0.717, 1.165) is 25.9 Å². The lowest BCUT2D eigenvalue weighted by atomic mass is 10.2. The van der Waals surface area contributed by atoms with Crippen molar-refractivity contribution in [2.75, 3.05) is 0 Å². The van der Waals surface area contributed by atoms with Gasteiger partial charge in [-0.3, -0.25) is 0 Å². The van der Waals surface area contributed by atoms with Crippen LogP contribution < -0.4 is 0 Å². The maximum Gasteiger partial charge on any atom is 0.328 e. The van der Waals surface area contributed by atoms with Crippen LogP contribution in [0.3, 0.4) is 0 Å². The number of halogens is 2. The molecule has 0 radical (unpaired) electrons. The maximum absolute atomic E-state index is 10.5. The molecule has 0 amide bonds. The number of aliphatic carboxylic acids is 1. The molecule has 0 aromatic heterocycles. The molecule has 2 aromatic carbocycles. The lowest BCUT2D eigenvalue weighted by molar-refractivity contribution is -0.131. The van der Waals surface area contributed by atoms with Gasteiger partial charge in [0.15, 0.2) is 0 Å². The normalized spacial score (nSPS) is 10.9. The fourth-order valence-electron chi connectivity index (χ4n) is 1.52. The molecule has 0 saturated carbocycles. The number of hydrogen-bond donors (Lipinski definition) is 1. The maximum atomic E-state index is 10.5. The van der Waals surface area contributed by atoms with Gasteiger partial charge < -0.3 is 5.11 Å². The second-order valence-corrected chi connectivity index (χ2v) is 6.24. The molecule has 2 rings (SSSR count). The van der Waals surface area contributed by atoms with Crippen LogP contribution in [0.25, 0.3) is 6.08 Å². The molecule has 0 aliphatic rings. The Kier molecular flexibility index (Phi) is 5.29. The van der Waals surface area contributed by atoms with Crippen LogP contribution in [0.4, 0.5) is 0 Å². The van der Waals surface area contributed by atoms with Crippen molar-refractivity contribution in [1.29, 1.82) is 0 Å². The van der Waals surface area contributed by atoms with Crippen LogP contribution in [0.1, 0.15) is 5.56 Å². The average Bonchev–Trinajstić information content (AvgIpc) is 2.41. The molecule has 20 heavy (non-hydrogen) atoms. The predicted molar refractivity (Wildman–Crippen MR) is 86.4 cm³/mol. The minimum atomic E-state index is -0.979. The van der Waals surface area contributed by atoms with Gasteiger partial charge in [-0.15, -0.1) is 0 Å². The summed E-state index contributed by atoms with van der Waals surface area (Å²) in [5.41, 5.74) is 0.758. The van der Waals surface area contributed by atoms with E-state index >= 15 is 0 Å². The Morgan fingerprint density at radius 3 is 2.60 bits per heavy atom. The smallest absolute Gasteiger partial charge is 0.328 e. The van der Waals surface area contributed by atoms with Crippen molar-refractivity contribution in [3.8, 4) is 0 Å². The van der Waals surface area contributed by atoms with Gasteiger partial charge in [-0.25, -0.2) is 4.79 Å². The van der Waals surface area contributed by atoms with E-state index in [-0.39, 0.29) is 0 Å². The molecule has 5 heteroatoms. The van der Waals surface area contributed by atoms with Crippen molar-refractivity contribution in [2.24, 2.45) is 0 Å². The van der Waals surface area contributed by atoms with E-state index in [0.29, 0.717) is 5.02 Å². The van der Waals surface area contributed by atoms with Crippen LogP contribution in [0.5, 0.6) is 0 Å². The second-order valence-electron chi connectivity index (χ2n) is 3.89. The molecular weight excluding hydrogens is 360 g/mol. The largest absolute Gasteiger partial charge is 0.478 e. The number of carbonyl (C=O) groups is 1. The standard InChI is InChI=1S/C15H10BrClO2S/c16-11-3-1-2-4-13(11)20-14-7-5-10(9-12(14)17)6-8-15(18)19/h1-9H,(H,18,19). The van der Waals surface area contributed by atoms with E-state index in [1.165, 1.54) is 6.08 Å². The summed E-state index contributed by atoms with van der Waals surface area (Å²) in [6.07, 6.45) is 2.60. The van der Waals surface area contributed by atoms with E-state index < -0.39 is 5.97 Å². The van der Waals surface area contributed by atoms with Crippen molar-refractivity contribution >= 4 is 51.3 Å². The van der Waals surface area contributed by atoms with Gasteiger partial charge in [-0.2, -0.15) is 0 Å². The van der Waals surface area contributed by atoms with Crippen LogP contribution in [-0.4, -0.2) is 11.1 Å². The summed E-state index contributed by atoms with van der Waals surface area (Å²) >= 11 is 11.3. The second kappa shape index (κ2) is 6.97. The third-order valence-corrected chi connectivity index (χ3v) is 4.96. The summed E-state index contributed by atoms with van der Waals surface area (Å²) in [6, 6.07) is 13.4. The highest BCUT2D eigenvalue weighted by Gasteiger charge is 2.06. The molecule has 0 fully saturated rings. The van der Waals surface area contributed by atoms with Crippen molar-refractivity contribution in [1.82, 2.24) is 0 Å². The SMILES string of the molecule is O=C(O)C=Cc1ccc(Sc2ccccc2Br)c(Cl)c1. The zero-order valence-corrected chi connectivity index (χ0v) is 13.4. The zero-order chi connectivity index (χ0) is 14.5. The minimum absolute atomic E-state index is 0.596. The molecule has 1 N–H and O–H groups in total. The van der Waals surface area contributed by atoms with Crippen LogP contribution in [-0.2, 0) is 4.79 Å². The Morgan fingerprint density at radius 1 is 1.20 bits per heavy atom. The highest BCUT2D eigenvalue weighted by molar-refractivity contribution is 9.10. The topological polar surface area (TPSA) is 37.3 Å². The molecule has 0 aliphatic carbocycles. The highest BCUT2D eigenvalue weighted by atomic mass is 79.9. The highest BCUT2D eigenvalue weighted by Crippen LogP contribution is 2.37. The van der Waals surface area contributed by atoms with E-state index in [9.17, 15) is 4.79 Å². The Morgan fingerprint density at radius 2 is 1.95 bits per heavy atom. The van der Waals surface area contributed by atoms with Gasteiger partial charge in [0.1, 0.15) is 0 Å². The third-order valence-electron chi connectivity index (χ3n) is 2.43. The van der Waals surface area contributed by atoms with Crippen LogP contribution >= 0.6 is 39.3 Å². The van der Waals surface area contributed by atoms with Gasteiger partial charge in [-0.1, -0.05) is 41.6 Å². The predicted octanol–water partition coefficient (Wildman–Crippen LogP) is 5.35. The first-order valence-electron chi connectivity index (χ1n) is 5.69. The summed E-state index contributed by atoms with van der Waals surface area (Å²) in [6.45, 7) is 0. The molecule has 0 saturated heterocycles. The minimum Gasteiger partial charge on any atom is -0.478 e. The summed E-state index contributed by atoms with van der Waals surface area (Å²) in [4.78, 5) is 12.5. The van der Waals surface area contributed by atoms with Gasteiger partial charge in [0, 0.05) is 20.3 Å². The third kappa shape index (κ3) is 4.13. The summed E-state index contributed by atoms with van der Waals surface area (Å²) in [7, 11) is 0. The number of rotatable bonds is 4. The zero-order valence-electron chi connectivity index (χ0n) is 10.2. The van der Waals surface area contributed by atoms with Crippen LogP contribution in [0.2, 0.25) is 5.02 Å². The number of carboxylic acids is 1. The number of carboxylic acid groups (broad SMARTS) is 1. The van der Waals surface area contributed by atoms with Gasteiger partial charge in [0.2, 0.25) is 0 Å². The molecular formula is C15H10BrClO2S. The first kappa shape index (κ1) is 15.2. The van der Waals surface area contributed by atoms with E-state index in [1.807, 2.05) is 36.4 Å². The molecule has 102 valence electrons. The molecule has 0 aliphatic heterocycles. The first-order valence-corrected chi connectivity index (χ1v) is 7.68. The Balaban J connectivity index is 2.22. The molecule has 2 aromatic rings. The van der Waals surface area contributed by atoms with Crippen LogP contribution in [0.15, 0.2) is 62.8 Å². The fourth-order valence-corrected chi connectivity index (χ4v) is 3.19. The van der Waals surface area contributed by atoms with E-state index in [1.54, 1.807) is 17.8 Å². The first-order chi connectivity index (χ1) is 9.56. The Hall–Kier alpha value is -1.23. The van der Waals surface area contributed by atoms with Crippen molar-refractivity contribution < 1.29 is 9.90 Å². The summed E-state index contributed by atoms with van der Waals surface area (Å²) in [5.74, 6) is -0.979. The molecule has 0 unspecified atom stereocenters. The Bertz CT molecular complexity index is 671. The lowest BCUT2D eigenvalue weighted by Crippen LogP contribution is -1.86.